The van der Waals surface area contributed by atoms with Crippen molar-refractivity contribution < 1.29 is 9.53 Å². The second kappa shape index (κ2) is 6.64. The molecule has 2 aromatic carbocycles. The summed E-state index contributed by atoms with van der Waals surface area (Å²) in [5.74, 6) is 0.388. The maximum atomic E-state index is 12.2. The van der Waals surface area contributed by atoms with E-state index in [9.17, 15) is 4.79 Å². The van der Waals surface area contributed by atoms with Crippen molar-refractivity contribution >= 4 is 23.2 Å². The second-order valence-electron chi connectivity index (χ2n) is 4.97. The average Bonchev–Trinajstić information content (AvgIpc) is 2.43. The van der Waals surface area contributed by atoms with Crippen LogP contribution in [0.25, 0.3) is 0 Å². The van der Waals surface area contributed by atoms with E-state index in [-0.39, 0.29) is 5.91 Å². The Morgan fingerprint density at radius 1 is 1.14 bits per heavy atom. The van der Waals surface area contributed by atoms with Crippen molar-refractivity contribution in [3.8, 4) is 5.75 Å². The van der Waals surface area contributed by atoms with Crippen LogP contribution < -0.4 is 10.1 Å². The average molecular weight is 304 g/mol. The number of benzene rings is 2. The van der Waals surface area contributed by atoms with Gasteiger partial charge >= 0.3 is 0 Å². The van der Waals surface area contributed by atoms with E-state index in [0.717, 1.165) is 16.8 Å². The SMILES string of the molecule is Cc1cccc(C)c1NC(=O)C(C)Oc1cccc(Cl)c1. The summed E-state index contributed by atoms with van der Waals surface area (Å²) in [6.07, 6.45) is -0.609. The Hall–Kier alpha value is -2.00. The molecule has 0 aliphatic heterocycles. The van der Waals surface area contributed by atoms with E-state index >= 15 is 0 Å². The van der Waals surface area contributed by atoms with Gasteiger partial charge in [-0.15, -0.1) is 0 Å². The Bertz CT molecular complexity index is 635. The fourth-order valence-corrected chi connectivity index (χ4v) is 2.21. The fraction of sp³-hybridized carbons (Fsp3) is 0.235. The first-order valence-corrected chi connectivity index (χ1v) is 7.14. The van der Waals surface area contributed by atoms with Gasteiger partial charge in [-0.2, -0.15) is 0 Å². The minimum Gasteiger partial charge on any atom is -0.481 e. The number of amides is 1. The Balaban J connectivity index is 2.06. The summed E-state index contributed by atoms with van der Waals surface area (Å²) in [7, 11) is 0. The molecule has 0 fully saturated rings. The van der Waals surface area contributed by atoms with Crippen LogP contribution in [0.15, 0.2) is 42.5 Å². The highest BCUT2D eigenvalue weighted by Gasteiger charge is 2.16. The summed E-state index contributed by atoms with van der Waals surface area (Å²) >= 11 is 5.90. The van der Waals surface area contributed by atoms with Gasteiger partial charge in [0.25, 0.3) is 5.91 Å². The van der Waals surface area contributed by atoms with Gasteiger partial charge in [-0.1, -0.05) is 35.9 Å². The number of para-hydroxylation sites is 1. The summed E-state index contributed by atoms with van der Waals surface area (Å²) in [6, 6.07) is 12.9. The molecule has 0 bridgehead atoms. The standard InChI is InChI=1S/C17H18ClNO2/c1-11-6-4-7-12(2)16(11)19-17(20)13(3)21-15-9-5-8-14(18)10-15/h4-10,13H,1-3H3,(H,19,20). The zero-order chi connectivity index (χ0) is 15.4. The lowest BCUT2D eigenvalue weighted by atomic mass is 10.1. The largest absolute Gasteiger partial charge is 0.481 e. The minimum atomic E-state index is -0.609. The van der Waals surface area contributed by atoms with Gasteiger partial charge in [0.15, 0.2) is 6.10 Å². The molecule has 0 radical (unpaired) electrons. The number of hydrogen-bond donors (Lipinski definition) is 1. The lowest BCUT2D eigenvalue weighted by Crippen LogP contribution is -2.30. The quantitative estimate of drug-likeness (QED) is 0.911. The van der Waals surface area contributed by atoms with Gasteiger partial charge in [0.2, 0.25) is 0 Å². The number of anilines is 1. The van der Waals surface area contributed by atoms with Crippen LogP contribution in [0.2, 0.25) is 5.02 Å². The van der Waals surface area contributed by atoms with Crippen LogP contribution in [0, 0.1) is 13.8 Å². The zero-order valence-electron chi connectivity index (χ0n) is 12.3. The van der Waals surface area contributed by atoms with Crippen molar-refractivity contribution in [3.63, 3.8) is 0 Å². The van der Waals surface area contributed by atoms with E-state index in [0.29, 0.717) is 10.8 Å². The van der Waals surface area contributed by atoms with E-state index in [1.807, 2.05) is 32.0 Å². The molecule has 0 saturated carbocycles. The summed E-state index contributed by atoms with van der Waals surface area (Å²) in [4.78, 5) is 12.2. The van der Waals surface area contributed by atoms with Crippen LogP contribution in [0.4, 0.5) is 5.69 Å². The van der Waals surface area contributed by atoms with E-state index in [4.69, 9.17) is 16.3 Å². The molecule has 4 heteroatoms. The zero-order valence-corrected chi connectivity index (χ0v) is 13.1. The Morgan fingerprint density at radius 3 is 2.38 bits per heavy atom. The van der Waals surface area contributed by atoms with Crippen LogP contribution >= 0.6 is 11.6 Å². The van der Waals surface area contributed by atoms with Gasteiger partial charge in [0.05, 0.1) is 0 Å². The first-order valence-electron chi connectivity index (χ1n) is 6.76. The van der Waals surface area contributed by atoms with E-state index in [2.05, 4.69) is 5.32 Å². The van der Waals surface area contributed by atoms with Gasteiger partial charge in [-0.25, -0.2) is 0 Å². The van der Waals surface area contributed by atoms with Crippen molar-refractivity contribution in [3.05, 3.63) is 58.6 Å². The number of rotatable bonds is 4. The molecule has 1 amide bonds. The Labute approximate surface area is 129 Å². The van der Waals surface area contributed by atoms with E-state index in [1.54, 1.807) is 31.2 Å². The Kier molecular flexibility index (Phi) is 4.86. The molecule has 0 aromatic heterocycles. The smallest absolute Gasteiger partial charge is 0.265 e. The summed E-state index contributed by atoms with van der Waals surface area (Å²) in [6.45, 7) is 5.64. The number of ether oxygens (including phenoxy) is 1. The van der Waals surface area contributed by atoms with E-state index in [1.165, 1.54) is 0 Å². The third-order valence-corrected chi connectivity index (χ3v) is 3.44. The highest BCUT2D eigenvalue weighted by molar-refractivity contribution is 6.30. The van der Waals surface area contributed by atoms with Gasteiger partial charge < -0.3 is 10.1 Å². The van der Waals surface area contributed by atoms with Gasteiger partial charge in [-0.3, -0.25) is 4.79 Å². The Morgan fingerprint density at radius 2 is 1.76 bits per heavy atom. The number of nitrogens with one attached hydrogen (secondary N) is 1. The lowest BCUT2D eigenvalue weighted by Gasteiger charge is -2.17. The summed E-state index contributed by atoms with van der Waals surface area (Å²) in [5, 5.41) is 3.49. The lowest BCUT2D eigenvalue weighted by molar-refractivity contribution is -0.122. The first-order chi connectivity index (χ1) is 9.97. The third kappa shape index (κ3) is 3.99. The van der Waals surface area contributed by atoms with Crippen LogP contribution in [0.3, 0.4) is 0 Å². The fourth-order valence-electron chi connectivity index (χ4n) is 2.03. The second-order valence-corrected chi connectivity index (χ2v) is 5.41. The highest BCUT2D eigenvalue weighted by Crippen LogP contribution is 2.21. The van der Waals surface area contributed by atoms with Gasteiger partial charge in [-0.05, 0) is 50.1 Å². The van der Waals surface area contributed by atoms with Crippen molar-refractivity contribution in [2.75, 3.05) is 5.32 Å². The maximum Gasteiger partial charge on any atom is 0.265 e. The number of halogens is 1. The van der Waals surface area contributed by atoms with Gasteiger partial charge in [0, 0.05) is 10.7 Å². The molecule has 21 heavy (non-hydrogen) atoms. The molecule has 0 saturated heterocycles. The molecular formula is C17H18ClNO2. The highest BCUT2D eigenvalue weighted by atomic mass is 35.5. The topological polar surface area (TPSA) is 38.3 Å². The monoisotopic (exact) mass is 303 g/mol. The van der Waals surface area contributed by atoms with Crippen molar-refractivity contribution in [2.45, 2.75) is 26.9 Å². The van der Waals surface area contributed by atoms with Crippen molar-refractivity contribution in [1.82, 2.24) is 0 Å². The maximum absolute atomic E-state index is 12.2. The predicted molar refractivity (Wildman–Crippen MR) is 86.1 cm³/mol. The van der Waals surface area contributed by atoms with E-state index < -0.39 is 6.10 Å². The molecular weight excluding hydrogens is 286 g/mol. The van der Waals surface area contributed by atoms with Crippen molar-refractivity contribution in [2.24, 2.45) is 0 Å². The molecule has 2 rings (SSSR count). The number of carbonyl (C=O) groups is 1. The molecule has 0 spiro atoms. The third-order valence-electron chi connectivity index (χ3n) is 3.21. The molecule has 3 nitrogen and oxygen atoms in total. The molecule has 1 N–H and O–H groups in total. The predicted octanol–water partition coefficient (Wildman–Crippen LogP) is 4.36. The number of carbonyl (C=O) groups excluding carboxylic acids is 1. The molecule has 110 valence electrons. The number of aryl methyl sites for hydroxylation is 2. The molecule has 2 aromatic rings. The minimum absolute atomic E-state index is 0.188. The number of hydrogen-bond acceptors (Lipinski definition) is 2. The van der Waals surface area contributed by atoms with Crippen LogP contribution in [-0.4, -0.2) is 12.0 Å². The van der Waals surface area contributed by atoms with Gasteiger partial charge in [0.1, 0.15) is 5.75 Å². The van der Waals surface area contributed by atoms with Crippen LogP contribution in [0.5, 0.6) is 5.75 Å². The van der Waals surface area contributed by atoms with Crippen LogP contribution in [0.1, 0.15) is 18.1 Å². The molecule has 0 aliphatic rings. The summed E-state index contributed by atoms with van der Waals surface area (Å²) in [5.41, 5.74) is 2.89. The molecule has 1 unspecified atom stereocenters. The molecule has 1 atom stereocenters. The molecule has 0 aliphatic carbocycles. The van der Waals surface area contributed by atoms with Crippen molar-refractivity contribution in [1.29, 1.82) is 0 Å². The normalized spacial score (nSPS) is 11.8. The van der Waals surface area contributed by atoms with Crippen LogP contribution in [-0.2, 0) is 4.79 Å². The first kappa shape index (κ1) is 15.4. The summed E-state index contributed by atoms with van der Waals surface area (Å²) < 4.78 is 5.61. The molecule has 0 heterocycles.